The number of non-ortho nitro benzene ring substituents is 1. The lowest BCUT2D eigenvalue weighted by atomic mass is 10.2. The Kier molecular flexibility index (Phi) is 5.04. The lowest BCUT2D eigenvalue weighted by molar-refractivity contribution is -0.384. The van der Waals surface area contributed by atoms with Gasteiger partial charge in [0.05, 0.1) is 4.92 Å². The molecule has 22 heavy (non-hydrogen) atoms. The number of hydrogen-bond acceptors (Lipinski definition) is 6. The molecule has 0 radical (unpaired) electrons. The number of hydrogen-bond donors (Lipinski definition) is 0. The van der Waals surface area contributed by atoms with Crippen molar-refractivity contribution < 1.29 is 22.3 Å². The van der Waals surface area contributed by atoms with Crippen LogP contribution in [0.1, 0.15) is 6.42 Å². The van der Waals surface area contributed by atoms with E-state index in [-0.39, 0.29) is 29.0 Å². The molecule has 1 heterocycles. The van der Waals surface area contributed by atoms with Crippen LogP contribution in [0.25, 0.3) is 11.5 Å². The van der Waals surface area contributed by atoms with Gasteiger partial charge < -0.3 is 4.42 Å². The second-order valence-corrected chi connectivity index (χ2v) is 5.46. The molecule has 0 saturated heterocycles. The SMILES string of the molecule is O=[N+]([O-])c1ccc(-c2nnc(S(=O)CCC=C(F)F)o2)cc1. The van der Waals surface area contributed by atoms with Crippen molar-refractivity contribution in [1.29, 1.82) is 0 Å². The second-order valence-electron chi connectivity index (χ2n) is 4.01. The van der Waals surface area contributed by atoms with Crippen LogP contribution >= 0.6 is 0 Å². The van der Waals surface area contributed by atoms with Crippen LogP contribution in [0.4, 0.5) is 14.5 Å². The van der Waals surface area contributed by atoms with E-state index in [0.29, 0.717) is 11.6 Å². The Balaban J connectivity index is 2.09. The van der Waals surface area contributed by atoms with Crippen molar-refractivity contribution in [3.63, 3.8) is 0 Å². The number of allylic oxidation sites excluding steroid dienone is 1. The van der Waals surface area contributed by atoms with Gasteiger partial charge in [-0.3, -0.25) is 10.1 Å². The summed E-state index contributed by atoms with van der Waals surface area (Å²) in [7, 11) is -1.69. The summed E-state index contributed by atoms with van der Waals surface area (Å²) in [6.07, 6.45) is -1.26. The Morgan fingerprint density at radius 1 is 1.32 bits per heavy atom. The molecule has 0 N–H and O–H groups in total. The Morgan fingerprint density at radius 3 is 2.59 bits per heavy atom. The Labute approximate surface area is 125 Å². The minimum absolute atomic E-state index is 0.0467. The van der Waals surface area contributed by atoms with E-state index in [9.17, 15) is 23.1 Å². The first-order valence-electron chi connectivity index (χ1n) is 5.95. The Bertz CT molecular complexity index is 726. The summed E-state index contributed by atoms with van der Waals surface area (Å²) >= 11 is 0. The zero-order valence-corrected chi connectivity index (χ0v) is 11.8. The van der Waals surface area contributed by atoms with E-state index in [4.69, 9.17) is 4.42 Å². The van der Waals surface area contributed by atoms with E-state index in [0.717, 1.165) is 0 Å². The van der Waals surface area contributed by atoms with Gasteiger partial charge in [0, 0.05) is 23.4 Å². The van der Waals surface area contributed by atoms with Crippen molar-refractivity contribution in [2.45, 2.75) is 11.6 Å². The topological polar surface area (TPSA) is 99.1 Å². The molecule has 7 nitrogen and oxygen atoms in total. The fraction of sp³-hybridized carbons (Fsp3) is 0.167. The van der Waals surface area contributed by atoms with E-state index in [1.54, 1.807) is 0 Å². The van der Waals surface area contributed by atoms with Crippen LogP contribution in [-0.2, 0) is 10.8 Å². The molecule has 1 unspecified atom stereocenters. The zero-order valence-electron chi connectivity index (χ0n) is 10.9. The third-order valence-corrected chi connectivity index (χ3v) is 3.69. The van der Waals surface area contributed by atoms with E-state index in [1.807, 2.05) is 0 Å². The molecule has 0 saturated carbocycles. The summed E-state index contributed by atoms with van der Waals surface area (Å²) in [6, 6.07) is 5.37. The number of rotatable bonds is 6. The maximum absolute atomic E-state index is 11.9. The molecule has 0 bridgehead atoms. The van der Waals surface area contributed by atoms with Crippen LogP contribution in [0.2, 0.25) is 0 Å². The van der Waals surface area contributed by atoms with Gasteiger partial charge in [-0.1, -0.05) is 5.10 Å². The third kappa shape index (κ3) is 4.01. The van der Waals surface area contributed by atoms with E-state index in [1.165, 1.54) is 24.3 Å². The molecule has 0 amide bonds. The summed E-state index contributed by atoms with van der Waals surface area (Å²) in [5.74, 6) is -0.0235. The van der Waals surface area contributed by atoms with Gasteiger partial charge in [0.15, 0.2) is 0 Å². The smallest absolute Gasteiger partial charge is 0.307 e. The normalized spacial score (nSPS) is 11.9. The number of aromatic nitrogens is 2. The van der Waals surface area contributed by atoms with Gasteiger partial charge >= 0.3 is 5.22 Å². The standard InChI is InChI=1S/C12H9F2N3O4S/c13-10(14)2-1-7-22(20)12-16-15-11(21-12)8-3-5-9(6-4-8)17(18)19/h2-6H,1,7H2. The van der Waals surface area contributed by atoms with Crippen LogP contribution in [0.5, 0.6) is 0 Å². The summed E-state index contributed by atoms with van der Waals surface area (Å²) < 4.78 is 40.7. The second kappa shape index (κ2) is 6.98. The Morgan fingerprint density at radius 2 is 2.00 bits per heavy atom. The van der Waals surface area contributed by atoms with Crippen molar-refractivity contribution >= 4 is 16.5 Å². The maximum Gasteiger partial charge on any atom is 0.307 e. The lowest BCUT2D eigenvalue weighted by Gasteiger charge is -1.95. The van der Waals surface area contributed by atoms with Crippen LogP contribution in [0.3, 0.4) is 0 Å². The third-order valence-electron chi connectivity index (χ3n) is 2.53. The largest absolute Gasteiger partial charge is 0.410 e. The molecular formula is C12H9F2N3O4S. The van der Waals surface area contributed by atoms with Crippen LogP contribution in [-0.4, -0.2) is 25.1 Å². The van der Waals surface area contributed by atoms with Gasteiger partial charge in [-0.05, 0) is 24.6 Å². The molecule has 116 valence electrons. The number of nitro benzene ring substituents is 1. The molecular weight excluding hydrogens is 320 g/mol. The predicted octanol–water partition coefficient (Wildman–Crippen LogP) is 2.92. The summed E-state index contributed by atoms with van der Waals surface area (Å²) in [5.41, 5.74) is 0.336. The average molecular weight is 329 g/mol. The molecule has 0 spiro atoms. The minimum Gasteiger partial charge on any atom is -0.410 e. The number of halogens is 2. The van der Waals surface area contributed by atoms with Gasteiger partial charge in [0.2, 0.25) is 5.89 Å². The van der Waals surface area contributed by atoms with E-state index < -0.39 is 21.8 Å². The lowest BCUT2D eigenvalue weighted by Crippen LogP contribution is -1.97. The van der Waals surface area contributed by atoms with Crippen molar-refractivity contribution in [1.82, 2.24) is 10.2 Å². The fourth-order valence-electron chi connectivity index (χ4n) is 1.51. The van der Waals surface area contributed by atoms with E-state index in [2.05, 4.69) is 10.2 Å². The van der Waals surface area contributed by atoms with Crippen LogP contribution < -0.4 is 0 Å². The molecule has 1 aromatic heterocycles. The molecule has 0 fully saturated rings. The highest BCUT2D eigenvalue weighted by Crippen LogP contribution is 2.22. The summed E-state index contributed by atoms with van der Waals surface area (Å²) in [6.45, 7) is 0. The number of nitrogens with zero attached hydrogens (tertiary/aromatic N) is 3. The predicted molar refractivity (Wildman–Crippen MR) is 72.6 cm³/mol. The monoisotopic (exact) mass is 329 g/mol. The van der Waals surface area contributed by atoms with Crippen LogP contribution in [0, 0.1) is 10.1 Å². The summed E-state index contributed by atoms with van der Waals surface area (Å²) in [4.78, 5) is 10.0. The highest BCUT2D eigenvalue weighted by atomic mass is 32.2. The van der Waals surface area contributed by atoms with Crippen molar-refractivity contribution in [2.75, 3.05) is 5.75 Å². The quantitative estimate of drug-likeness (QED) is 0.597. The highest BCUT2D eigenvalue weighted by molar-refractivity contribution is 7.84. The van der Waals surface area contributed by atoms with Crippen molar-refractivity contribution in [3.05, 3.63) is 46.5 Å². The molecule has 0 aliphatic rings. The molecule has 0 aliphatic carbocycles. The van der Waals surface area contributed by atoms with Gasteiger partial charge in [-0.25, -0.2) is 4.21 Å². The molecule has 2 aromatic rings. The summed E-state index contributed by atoms with van der Waals surface area (Å²) in [5, 5.41) is 17.6. The van der Waals surface area contributed by atoms with Crippen molar-refractivity contribution in [2.24, 2.45) is 0 Å². The first-order valence-corrected chi connectivity index (χ1v) is 7.27. The number of nitro groups is 1. The average Bonchev–Trinajstić information content (AvgIpc) is 2.96. The van der Waals surface area contributed by atoms with Gasteiger partial charge in [0.1, 0.15) is 10.8 Å². The maximum atomic E-state index is 11.9. The first kappa shape index (κ1) is 15.9. The minimum atomic E-state index is -1.84. The van der Waals surface area contributed by atoms with Crippen LogP contribution in [0.15, 0.2) is 46.1 Å². The van der Waals surface area contributed by atoms with Gasteiger partial charge in [-0.2, -0.15) is 8.78 Å². The molecule has 10 heteroatoms. The van der Waals surface area contributed by atoms with Crippen molar-refractivity contribution in [3.8, 4) is 11.5 Å². The van der Waals surface area contributed by atoms with E-state index >= 15 is 0 Å². The molecule has 1 aromatic carbocycles. The first-order chi connectivity index (χ1) is 10.5. The molecule has 1 atom stereocenters. The molecule has 2 rings (SSSR count). The van der Waals surface area contributed by atoms with Gasteiger partial charge in [0.25, 0.3) is 11.8 Å². The zero-order chi connectivity index (χ0) is 16.1. The highest BCUT2D eigenvalue weighted by Gasteiger charge is 2.15. The Hall–Kier alpha value is -2.49. The fourth-order valence-corrected chi connectivity index (χ4v) is 2.32. The number of benzene rings is 1. The van der Waals surface area contributed by atoms with Gasteiger partial charge in [-0.15, -0.1) is 5.10 Å². The molecule has 0 aliphatic heterocycles.